The Labute approximate surface area is 160 Å². The SMILES string of the molecule is C[C@H](NC(=O)c1cc2c(s1)-c1ccc(Cl)cc1SC2)c1ccccc1. The summed E-state index contributed by atoms with van der Waals surface area (Å²) in [5.74, 6) is 0.858. The number of hydrogen-bond donors (Lipinski definition) is 1. The standard InChI is InChI=1S/C20H16ClNOS2/c1-12(13-5-3-2-4-6-13)22-20(23)18-9-14-11-24-17-10-15(21)7-8-16(17)19(14)25-18/h2-10,12H,11H2,1H3,(H,22,23)/t12-/m0/s1. The van der Waals surface area contributed by atoms with E-state index in [4.69, 9.17) is 11.6 Å². The van der Waals surface area contributed by atoms with Gasteiger partial charge in [-0.25, -0.2) is 0 Å². The highest BCUT2D eigenvalue weighted by Gasteiger charge is 2.23. The molecule has 1 aromatic heterocycles. The molecule has 25 heavy (non-hydrogen) atoms. The van der Waals surface area contributed by atoms with E-state index in [1.54, 1.807) is 23.1 Å². The molecule has 4 rings (SSSR count). The second-order valence-electron chi connectivity index (χ2n) is 6.00. The van der Waals surface area contributed by atoms with Crippen molar-refractivity contribution >= 4 is 40.6 Å². The molecule has 3 aromatic rings. The van der Waals surface area contributed by atoms with E-state index in [0.29, 0.717) is 0 Å². The van der Waals surface area contributed by atoms with Crippen molar-refractivity contribution in [2.75, 3.05) is 0 Å². The molecule has 0 spiro atoms. The predicted octanol–water partition coefficient (Wildman–Crippen LogP) is 6.17. The van der Waals surface area contributed by atoms with Gasteiger partial charge < -0.3 is 5.32 Å². The van der Waals surface area contributed by atoms with Crippen molar-refractivity contribution in [1.29, 1.82) is 0 Å². The molecule has 0 aliphatic carbocycles. The first kappa shape index (κ1) is 16.7. The first-order valence-electron chi connectivity index (χ1n) is 8.03. The summed E-state index contributed by atoms with van der Waals surface area (Å²) < 4.78 is 0. The number of hydrogen-bond acceptors (Lipinski definition) is 3. The van der Waals surface area contributed by atoms with Gasteiger partial charge in [0.05, 0.1) is 10.9 Å². The van der Waals surface area contributed by atoms with Gasteiger partial charge in [0, 0.05) is 26.1 Å². The predicted molar refractivity (Wildman–Crippen MR) is 107 cm³/mol. The first-order valence-corrected chi connectivity index (χ1v) is 10.2. The van der Waals surface area contributed by atoms with E-state index >= 15 is 0 Å². The van der Waals surface area contributed by atoms with Crippen LogP contribution in [0.15, 0.2) is 59.5 Å². The Morgan fingerprint density at radius 3 is 2.76 bits per heavy atom. The number of carbonyl (C=O) groups excluding carboxylic acids is 1. The fourth-order valence-corrected chi connectivity index (χ4v) is 5.52. The van der Waals surface area contributed by atoms with Gasteiger partial charge in [0.2, 0.25) is 0 Å². The average molecular weight is 386 g/mol. The van der Waals surface area contributed by atoms with Gasteiger partial charge in [-0.1, -0.05) is 48.0 Å². The normalized spacial score (nSPS) is 13.7. The van der Waals surface area contributed by atoms with Gasteiger partial charge in [-0.05, 0) is 36.2 Å². The van der Waals surface area contributed by atoms with E-state index in [-0.39, 0.29) is 11.9 Å². The summed E-state index contributed by atoms with van der Waals surface area (Å²) in [6, 6.07) is 18.0. The molecule has 1 atom stereocenters. The van der Waals surface area contributed by atoms with E-state index in [0.717, 1.165) is 21.2 Å². The average Bonchev–Trinajstić information content (AvgIpc) is 3.07. The van der Waals surface area contributed by atoms with Gasteiger partial charge in [0.15, 0.2) is 0 Å². The summed E-state index contributed by atoms with van der Waals surface area (Å²) in [4.78, 5) is 15.8. The van der Waals surface area contributed by atoms with E-state index < -0.39 is 0 Å². The molecular weight excluding hydrogens is 370 g/mol. The lowest BCUT2D eigenvalue weighted by Gasteiger charge is -2.15. The highest BCUT2D eigenvalue weighted by Crippen LogP contribution is 2.46. The Hall–Kier alpha value is -1.75. The molecule has 1 N–H and O–H groups in total. The molecule has 0 saturated carbocycles. The molecule has 0 saturated heterocycles. The monoisotopic (exact) mass is 385 g/mol. The van der Waals surface area contributed by atoms with Gasteiger partial charge in [-0.2, -0.15) is 0 Å². The molecule has 1 aliphatic rings. The molecular formula is C20H16ClNOS2. The molecule has 126 valence electrons. The van der Waals surface area contributed by atoms with Crippen LogP contribution >= 0.6 is 34.7 Å². The second-order valence-corrected chi connectivity index (χ2v) is 8.51. The Morgan fingerprint density at radius 2 is 1.96 bits per heavy atom. The minimum absolute atomic E-state index is 0.0173. The Kier molecular flexibility index (Phi) is 4.59. The zero-order valence-electron chi connectivity index (χ0n) is 13.6. The molecule has 0 unspecified atom stereocenters. The fraction of sp³-hybridized carbons (Fsp3) is 0.150. The number of carbonyl (C=O) groups is 1. The lowest BCUT2D eigenvalue weighted by molar-refractivity contribution is 0.0944. The second kappa shape index (κ2) is 6.87. The number of nitrogens with one attached hydrogen (secondary N) is 1. The van der Waals surface area contributed by atoms with Crippen molar-refractivity contribution in [3.8, 4) is 10.4 Å². The molecule has 0 bridgehead atoms. The number of amides is 1. The summed E-state index contributed by atoms with van der Waals surface area (Å²) in [6.07, 6.45) is 0. The minimum atomic E-state index is -0.0201. The topological polar surface area (TPSA) is 29.1 Å². The summed E-state index contributed by atoms with van der Waals surface area (Å²) in [6.45, 7) is 2.01. The fourth-order valence-electron chi connectivity index (χ4n) is 2.93. The highest BCUT2D eigenvalue weighted by molar-refractivity contribution is 7.98. The highest BCUT2D eigenvalue weighted by atomic mass is 35.5. The molecule has 1 amide bonds. The van der Waals surface area contributed by atoms with Crippen molar-refractivity contribution in [2.24, 2.45) is 0 Å². The third-order valence-corrected chi connectivity index (χ3v) is 6.80. The third-order valence-electron chi connectivity index (χ3n) is 4.25. The van der Waals surface area contributed by atoms with Crippen molar-refractivity contribution in [3.05, 3.63) is 75.6 Å². The minimum Gasteiger partial charge on any atom is -0.345 e. The van der Waals surface area contributed by atoms with Gasteiger partial charge in [-0.15, -0.1) is 23.1 Å². The van der Waals surface area contributed by atoms with Gasteiger partial charge in [-0.3, -0.25) is 4.79 Å². The molecule has 1 aliphatic heterocycles. The van der Waals surface area contributed by atoms with Crippen LogP contribution in [0.1, 0.15) is 33.8 Å². The number of halogens is 1. The van der Waals surface area contributed by atoms with Gasteiger partial charge in [0.25, 0.3) is 5.91 Å². The van der Waals surface area contributed by atoms with E-state index in [9.17, 15) is 4.79 Å². The Morgan fingerprint density at radius 1 is 1.16 bits per heavy atom. The molecule has 5 heteroatoms. The van der Waals surface area contributed by atoms with Crippen LogP contribution < -0.4 is 5.32 Å². The van der Waals surface area contributed by atoms with Gasteiger partial charge >= 0.3 is 0 Å². The van der Waals surface area contributed by atoms with Crippen LogP contribution in [-0.4, -0.2) is 5.91 Å². The summed E-state index contributed by atoms with van der Waals surface area (Å²) in [5.41, 5.74) is 3.51. The Bertz CT molecular complexity index is 936. The van der Waals surface area contributed by atoms with Crippen LogP contribution in [0.2, 0.25) is 5.02 Å². The quantitative estimate of drug-likeness (QED) is 0.584. The maximum absolute atomic E-state index is 12.7. The molecule has 0 fully saturated rings. The van der Waals surface area contributed by atoms with Crippen molar-refractivity contribution in [3.63, 3.8) is 0 Å². The van der Waals surface area contributed by atoms with Crippen molar-refractivity contribution in [1.82, 2.24) is 5.32 Å². The van der Waals surface area contributed by atoms with Crippen LogP contribution in [0.3, 0.4) is 0 Å². The summed E-state index contributed by atoms with van der Waals surface area (Å²) in [5, 5.41) is 3.85. The maximum atomic E-state index is 12.7. The van der Waals surface area contributed by atoms with E-state index in [1.807, 2.05) is 61.5 Å². The number of thioether (sulfide) groups is 1. The molecule has 2 aromatic carbocycles. The zero-order chi connectivity index (χ0) is 17.4. The Balaban J connectivity index is 1.59. The summed E-state index contributed by atoms with van der Waals surface area (Å²) >= 11 is 9.43. The lowest BCUT2D eigenvalue weighted by atomic mass is 10.1. The largest absolute Gasteiger partial charge is 0.345 e. The third kappa shape index (κ3) is 3.34. The van der Waals surface area contributed by atoms with Crippen LogP contribution in [0, 0.1) is 0 Å². The smallest absolute Gasteiger partial charge is 0.261 e. The van der Waals surface area contributed by atoms with E-state index in [2.05, 4.69) is 5.32 Å². The van der Waals surface area contributed by atoms with Crippen LogP contribution in [0.25, 0.3) is 10.4 Å². The maximum Gasteiger partial charge on any atom is 0.261 e. The van der Waals surface area contributed by atoms with Crippen molar-refractivity contribution < 1.29 is 4.79 Å². The van der Waals surface area contributed by atoms with Gasteiger partial charge in [0.1, 0.15) is 0 Å². The molecule has 2 heterocycles. The van der Waals surface area contributed by atoms with Crippen LogP contribution in [0.5, 0.6) is 0 Å². The van der Waals surface area contributed by atoms with Crippen molar-refractivity contribution in [2.45, 2.75) is 23.6 Å². The van der Waals surface area contributed by atoms with Crippen LogP contribution in [0.4, 0.5) is 0 Å². The number of fused-ring (bicyclic) bond motifs is 3. The number of thiophene rings is 1. The number of rotatable bonds is 3. The molecule has 2 nitrogen and oxygen atoms in total. The van der Waals surface area contributed by atoms with Crippen LogP contribution in [-0.2, 0) is 5.75 Å². The lowest BCUT2D eigenvalue weighted by Crippen LogP contribution is -2.25. The number of benzene rings is 2. The first-order chi connectivity index (χ1) is 12.1. The summed E-state index contributed by atoms with van der Waals surface area (Å²) in [7, 11) is 0. The van der Waals surface area contributed by atoms with E-state index in [1.165, 1.54) is 20.9 Å². The molecule has 0 radical (unpaired) electrons. The zero-order valence-corrected chi connectivity index (χ0v) is 16.0.